The molecule has 0 saturated heterocycles. The molecule has 2 heteroatoms. The number of nitrogens with one attached hydrogen (secondary N) is 2. The molecule has 2 aliphatic heterocycles. The van der Waals surface area contributed by atoms with Gasteiger partial charge in [0.2, 0.25) is 0 Å². The molecule has 0 saturated carbocycles. The van der Waals surface area contributed by atoms with Crippen molar-refractivity contribution in [3.63, 3.8) is 0 Å². The van der Waals surface area contributed by atoms with E-state index >= 15 is 0 Å². The first-order valence-corrected chi connectivity index (χ1v) is 6.56. The Kier molecular flexibility index (Phi) is 2.92. The molecule has 2 nitrogen and oxygen atoms in total. The summed E-state index contributed by atoms with van der Waals surface area (Å²) in [6.45, 7) is 13.1. The highest BCUT2D eigenvalue weighted by molar-refractivity contribution is 5.37. The molecule has 2 heterocycles. The van der Waals surface area contributed by atoms with E-state index in [0.29, 0.717) is 0 Å². The minimum Gasteiger partial charge on any atom is -0.363 e. The van der Waals surface area contributed by atoms with Crippen molar-refractivity contribution in [1.29, 1.82) is 0 Å². The topological polar surface area (TPSA) is 24.1 Å². The zero-order valence-electron chi connectivity index (χ0n) is 12.3. The second kappa shape index (κ2) is 4.04. The monoisotopic (exact) mass is 244 g/mol. The maximum Gasteiger partial charge on any atom is 0.0197 e. The van der Waals surface area contributed by atoms with E-state index in [4.69, 9.17) is 0 Å². The predicted molar refractivity (Wildman–Crippen MR) is 77.5 cm³/mol. The number of hydrogen-bond acceptors (Lipinski definition) is 2. The Morgan fingerprint density at radius 2 is 0.833 bits per heavy atom. The molecule has 2 aliphatic rings. The van der Waals surface area contributed by atoms with Crippen molar-refractivity contribution in [3.05, 3.63) is 47.1 Å². The molecule has 0 unspecified atom stereocenters. The van der Waals surface area contributed by atoms with Crippen LogP contribution in [0.2, 0.25) is 0 Å². The molecule has 0 bridgehead atoms. The third-order valence-corrected chi connectivity index (χ3v) is 4.01. The van der Waals surface area contributed by atoms with Crippen LogP contribution in [0.15, 0.2) is 47.1 Å². The fourth-order valence-electron chi connectivity index (χ4n) is 3.27. The Balaban J connectivity index is 2.52. The van der Waals surface area contributed by atoms with E-state index in [1.54, 1.807) is 0 Å². The van der Waals surface area contributed by atoms with Gasteiger partial charge in [-0.1, -0.05) is 38.2 Å². The fourth-order valence-corrected chi connectivity index (χ4v) is 3.27. The lowest BCUT2D eigenvalue weighted by Gasteiger charge is -2.44. The summed E-state index contributed by atoms with van der Waals surface area (Å²) in [5.74, 6) is 0. The van der Waals surface area contributed by atoms with Crippen LogP contribution in [-0.4, -0.2) is 0 Å². The van der Waals surface area contributed by atoms with Crippen molar-refractivity contribution in [1.82, 2.24) is 10.6 Å². The van der Waals surface area contributed by atoms with Gasteiger partial charge in [-0.2, -0.15) is 0 Å². The lowest BCUT2D eigenvalue weighted by Crippen LogP contribution is -2.39. The summed E-state index contributed by atoms with van der Waals surface area (Å²) in [5.41, 5.74) is 4.95. The molecule has 0 fully saturated rings. The third kappa shape index (κ3) is 2.12. The zero-order chi connectivity index (χ0) is 13.6. The third-order valence-electron chi connectivity index (χ3n) is 4.01. The van der Waals surface area contributed by atoms with E-state index in [2.05, 4.69) is 76.5 Å². The first-order valence-electron chi connectivity index (χ1n) is 6.56. The molecule has 18 heavy (non-hydrogen) atoms. The molecule has 0 radical (unpaired) electrons. The van der Waals surface area contributed by atoms with Crippen LogP contribution in [-0.2, 0) is 0 Å². The molecule has 2 rings (SSSR count). The summed E-state index contributed by atoms with van der Waals surface area (Å²) < 4.78 is 0. The van der Waals surface area contributed by atoms with Crippen LogP contribution in [0.1, 0.15) is 41.5 Å². The largest absolute Gasteiger partial charge is 0.363 e. The van der Waals surface area contributed by atoms with Crippen molar-refractivity contribution < 1.29 is 0 Å². The van der Waals surface area contributed by atoms with Crippen molar-refractivity contribution >= 4 is 0 Å². The number of allylic oxidation sites excluding steroid dienone is 8. The smallest absolute Gasteiger partial charge is 0.0197 e. The van der Waals surface area contributed by atoms with Crippen LogP contribution in [0.25, 0.3) is 0 Å². The Labute approximate surface area is 111 Å². The summed E-state index contributed by atoms with van der Waals surface area (Å²) in [6, 6.07) is 0. The van der Waals surface area contributed by atoms with Crippen LogP contribution in [0, 0.1) is 10.8 Å². The van der Waals surface area contributed by atoms with Gasteiger partial charge in [0.1, 0.15) is 0 Å². The number of dihydropyridines is 2. The van der Waals surface area contributed by atoms with Gasteiger partial charge in [-0.15, -0.1) is 0 Å². The standard InChI is InChI=1S/C16H24N2/c1-11-7-15(5,8-12(2)17-11)16(6)9-13(3)18-14(4)10-16/h7-10,17-18H,1-6H3. The van der Waals surface area contributed by atoms with Crippen LogP contribution >= 0.6 is 0 Å². The molecule has 0 aliphatic carbocycles. The van der Waals surface area contributed by atoms with E-state index in [9.17, 15) is 0 Å². The minimum atomic E-state index is 0.0109. The molecular formula is C16H24N2. The molecule has 98 valence electrons. The normalized spacial score (nSPS) is 25.0. The Hall–Kier alpha value is -1.44. The molecule has 0 spiro atoms. The quantitative estimate of drug-likeness (QED) is 0.732. The van der Waals surface area contributed by atoms with Gasteiger partial charge in [0.15, 0.2) is 0 Å². The van der Waals surface area contributed by atoms with Gasteiger partial charge < -0.3 is 10.6 Å². The Morgan fingerprint density at radius 1 is 0.611 bits per heavy atom. The van der Waals surface area contributed by atoms with E-state index in [0.717, 1.165) is 0 Å². The predicted octanol–water partition coefficient (Wildman–Crippen LogP) is 3.82. The van der Waals surface area contributed by atoms with Gasteiger partial charge in [0.25, 0.3) is 0 Å². The first-order chi connectivity index (χ1) is 8.24. The summed E-state index contributed by atoms with van der Waals surface area (Å²) in [6.07, 6.45) is 9.33. The second-order valence-corrected chi connectivity index (χ2v) is 6.12. The molecule has 2 N–H and O–H groups in total. The van der Waals surface area contributed by atoms with Gasteiger partial charge in [-0.3, -0.25) is 0 Å². The zero-order valence-corrected chi connectivity index (χ0v) is 12.3. The Morgan fingerprint density at radius 3 is 1.06 bits per heavy atom. The molecule has 0 aromatic carbocycles. The van der Waals surface area contributed by atoms with Crippen LogP contribution in [0.4, 0.5) is 0 Å². The van der Waals surface area contributed by atoms with Gasteiger partial charge >= 0.3 is 0 Å². The van der Waals surface area contributed by atoms with Crippen molar-refractivity contribution in [2.24, 2.45) is 10.8 Å². The van der Waals surface area contributed by atoms with Crippen LogP contribution in [0.5, 0.6) is 0 Å². The average molecular weight is 244 g/mol. The minimum absolute atomic E-state index is 0.0109. The van der Waals surface area contributed by atoms with Crippen LogP contribution in [0.3, 0.4) is 0 Å². The molecule has 0 aromatic heterocycles. The van der Waals surface area contributed by atoms with Crippen molar-refractivity contribution in [2.45, 2.75) is 41.5 Å². The lowest BCUT2D eigenvalue weighted by molar-refractivity contribution is 0.297. The highest BCUT2D eigenvalue weighted by Crippen LogP contribution is 2.48. The number of rotatable bonds is 1. The summed E-state index contributed by atoms with van der Waals surface area (Å²) in [4.78, 5) is 0. The van der Waals surface area contributed by atoms with Gasteiger partial charge in [0, 0.05) is 33.6 Å². The van der Waals surface area contributed by atoms with E-state index in [-0.39, 0.29) is 10.8 Å². The fraction of sp³-hybridized carbons (Fsp3) is 0.500. The second-order valence-electron chi connectivity index (χ2n) is 6.12. The first kappa shape index (κ1) is 13.0. The van der Waals surface area contributed by atoms with Gasteiger partial charge in [0.05, 0.1) is 0 Å². The average Bonchev–Trinajstić information content (AvgIpc) is 2.11. The Bertz CT molecular complexity index is 407. The lowest BCUT2D eigenvalue weighted by atomic mass is 9.62. The van der Waals surface area contributed by atoms with Crippen LogP contribution < -0.4 is 10.6 Å². The maximum atomic E-state index is 3.38. The highest BCUT2D eigenvalue weighted by Gasteiger charge is 2.41. The maximum absolute atomic E-state index is 3.38. The summed E-state index contributed by atoms with van der Waals surface area (Å²) in [5, 5.41) is 6.76. The molecular weight excluding hydrogens is 220 g/mol. The van der Waals surface area contributed by atoms with Gasteiger partial charge in [-0.05, 0) is 27.7 Å². The van der Waals surface area contributed by atoms with E-state index in [1.165, 1.54) is 22.8 Å². The van der Waals surface area contributed by atoms with Crippen molar-refractivity contribution in [2.75, 3.05) is 0 Å². The van der Waals surface area contributed by atoms with E-state index in [1.807, 2.05) is 0 Å². The highest BCUT2D eigenvalue weighted by atomic mass is 14.9. The molecule has 0 atom stereocenters. The van der Waals surface area contributed by atoms with E-state index < -0.39 is 0 Å². The van der Waals surface area contributed by atoms with Gasteiger partial charge in [-0.25, -0.2) is 0 Å². The summed E-state index contributed by atoms with van der Waals surface area (Å²) >= 11 is 0. The molecule has 0 aromatic rings. The summed E-state index contributed by atoms with van der Waals surface area (Å²) in [7, 11) is 0. The number of hydrogen-bond donors (Lipinski definition) is 2. The van der Waals surface area contributed by atoms with Crippen molar-refractivity contribution in [3.8, 4) is 0 Å². The SMILES string of the molecule is CC1=CC(C)(C2(C)C=C(C)NC(C)=C2)C=C(C)N1. The molecule has 0 amide bonds.